The van der Waals surface area contributed by atoms with Gasteiger partial charge in [-0.05, 0) is 0 Å². The Morgan fingerprint density at radius 1 is 0.923 bits per heavy atom. The van der Waals surface area contributed by atoms with Crippen molar-refractivity contribution in [1.82, 2.24) is 0 Å². The van der Waals surface area contributed by atoms with Gasteiger partial charge in [-0.2, -0.15) is 25.3 Å². The highest BCUT2D eigenvalue weighted by Crippen LogP contribution is 2.29. The van der Waals surface area contributed by atoms with Crippen LogP contribution >= 0.6 is 89.0 Å². The van der Waals surface area contributed by atoms with Gasteiger partial charge >= 0.3 is 0 Å². The third-order valence-electron chi connectivity index (χ3n) is 1.06. The van der Waals surface area contributed by atoms with Gasteiger partial charge in [0.25, 0.3) is 0 Å². The van der Waals surface area contributed by atoms with Crippen molar-refractivity contribution in [2.45, 2.75) is 7.31 Å². The minimum atomic E-state index is -0.309. The molecule has 2 atom stereocenters. The molecule has 0 aliphatic carbocycles. The number of rotatable bonds is 6. The van der Waals surface area contributed by atoms with E-state index < -0.39 is 0 Å². The van der Waals surface area contributed by atoms with E-state index in [1.165, 1.54) is 0 Å². The van der Waals surface area contributed by atoms with Crippen LogP contribution in [0.2, 0.25) is 0 Å². The fourth-order valence-electron chi connectivity index (χ4n) is 0.441. The Morgan fingerprint density at radius 2 is 1.23 bits per heavy atom. The molecule has 0 amide bonds. The summed E-state index contributed by atoms with van der Waals surface area (Å²) in [6, 6.07) is 0. The Balaban J connectivity index is 3.68. The minimum absolute atomic E-state index is 0.309. The van der Waals surface area contributed by atoms with Crippen molar-refractivity contribution in [3.05, 3.63) is 0 Å². The predicted octanol–water partition coefficient (Wildman–Crippen LogP) is 3.83. The van der Waals surface area contributed by atoms with Crippen LogP contribution in [0.1, 0.15) is 0 Å². The molecule has 0 saturated heterocycles. The molecule has 0 N–H and O–H groups in total. The molecule has 0 aliphatic heterocycles. The van der Waals surface area contributed by atoms with Crippen LogP contribution in [0, 0.1) is 0 Å². The van der Waals surface area contributed by atoms with E-state index in [-0.39, 0.29) is 7.31 Å². The summed E-state index contributed by atoms with van der Waals surface area (Å²) in [7, 11) is 0. The molecule has 0 bridgehead atoms. The lowest BCUT2D eigenvalue weighted by Gasteiger charge is -2.23. The first-order valence-corrected chi connectivity index (χ1v) is 8.07. The molecule has 2 unspecified atom stereocenters. The number of halogens is 4. The lowest BCUT2D eigenvalue weighted by Crippen LogP contribution is -2.28. The molecule has 13 heavy (non-hydrogen) atoms. The van der Waals surface area contributed by atoms with E-state index in [2.05, 4.69) is 89.0 Å². The highest BCUT2D eigenvalue weighted by molar-refractivity contribution is 9.14. The van der Waals surface area contributed by atoms with Crippen LogP contribution in [-0.4, -0.2) is 31.2 Å². The fraction of sp³-hybridized carbons (Fsp3) is 1.00. The van der Waals surface area contributed by atoms with Crippen LogP contribution in [0.15, 0.2) is 0 Å². The third kappa shape index (κ3) is 8.39. The summed E-state index contributed by atoms with van der Waals surface area (Å²) in [5, 5.41) is 1.44. The van der Waals surface area contributed by atoms with Crippen LogP contribution in [0.25, 0.3) is 0 Å². The molecule has 0 aromatic carbocycles. The monoisotopic (exact) mass is 478 g/mol. The standard InChI is InChI=1S/C6H10Br4OS2/c7-1-5(9,12)3-11-4-6(10,13)2-8/h12-13H,1-4H2. The van der Waals surface area contributed by atoms with Gasteiger partial charge in [-0.15, -0.1) is 0 Å². The molecule has 0 radical (unpaired) electrons. The first-order chi connectivity index (χ1) is 5.83. The van der Waals surface area contributed by atoms with E-state index in [0.717, 1.165) is 10.7 Å². The Labute approximate surface area is 123 Å². The van der Waals surface area contributed by atoms with E-state index in [1.807, 2.05) is 0 Å². The fourth-order valence-corrected chi connectivity index (χ4v) is 1.27. The van der Waals surface area contributed by atoms with Gasteiger partial charge in [-0.1, -0.05) is 63.7 Å². The zero-order chi connectivity index (χ0) is 10.5. The largest absolute Gasteiger partial charge is 0.377 e. The Bertz CT molecular complexity index is 138. The number of alkyl halides is 4. The quantitative estimate of drug-likeness (QED) is 0.433. The first kappa shape index (κ1) is 15.6. The second-order valence-electron chi connectivity index (χ2n) is 2.60. The zero-order valence-electron chi connectivity index (χ0n) is 6.64. The van der Waals surface area contributed by atoms with Gasteiger partial charge in [0.2, 0.25) is 0 Å². The summed E-state index contributed by atoms with van der Waals surface area (Å²) in [6.45, 7) is 1.03. The van der Waals surface area contributed by atoms with Crippen LogP contribution in [0.5, 0.6) is 0 Å². The number of ether oxygens (including phenoxy) is 1. The summed E-state index contributed by atoms with van der Waals surface area (Å²) >= 11 is 22.1. The van der Waals surface area contributed by atoms with Gasteiger partial charge in [-0.3, -0.25) is 0 Å². The molecule has 0 aliphatic rings. The highest BCUT2D eigenvalue weighted by Gasteiger charge is 2.24. The predicted molar refractivity (Wildman–Crippen MR) is 79.7 cm³/mol. The molecule has 0 saturated carbocycles. The molecule has 0 fully saturated rings. The van der Waals surface area contributed by atoms with Crippen molar-refractivity contribution in [3.63, 3.8) is 0 Å². The van der Waals surface area contributed by atoms with E-state index in [0.29, 0.717) is 13.2 Å². The molecular formula is C6H10Br4OS2. The SMILES string of the molecule is SC(Br)(CBr)COCC(S)(Br)CBr. The molecule has 0 aromatic rings. The maximum atomic E-state index is 5.44. The van der Waals surface area contributed by atoms with Gasteiger partial charge < -0.3 is 4.74 Å². The van der Waals surface area contributed by atoms with Crippen molar-refractivity contribution >= 4 is 89.0 Å². The summed E-state index contributed by atoms with van der Waals surface area (Å²) in [5.41, 5.74) is 0. The van der Waals surface area contributed by atoms with Crippen molar-refractivity contribution in [3.8, 4) is 0 Å². The van der Waals surface area contributed by atoms with Crippen LogP contribution in [-0.2, 0) is 4.74 Å². The number of thiol groups is 2. The Morgan fingerprint density at radius 3 is 1.46 bits per heavy atom. The molecule has 0 spiro atoms. The smallest absolute Gasteiger partial charge is 0.101 e. The number of hydrogen-bond acceptors (Lipinski definition) is 3. The van der Waals surface area contributed by atoms with Crippen molar-refractivity contribution < 1.29 is 4.74 Å². The van der Waals surface area contributed by atoms with Gasteiger partial charge in [0.15, 0.2) is 0 Å². The summed E-state index contributed by atoms with van der Waals surface area (Å²) < 4.78 is 4.82. The van der Waals surface area contributed by atoms with E-state index in [4.69, 9.17) is 4.74 Å². The van der Waals surface area contributed by atoms with Gasteiger partial charge in [-0.25, -0.2) is 0 Å². The average molecular weight is 482 g/mol. The molecule has 1 nitrogen and oxygen atoms in total. The van der Waals surface area contributed by atoms with Crippen molar-refractivity contribution in [1.29, 1.82) is 0 Å². The van der Waals surface area contributed by atoms with Crippen LogP contribution in [0.3, 0.4) is 0 Å². The third-order valence-corrected chi connectivity index (χ3v) is 6.94. The van der Waals surface area contributed by atoms with Gasteiger partial charge in [0.05, 0.1) is 13.2 Å². The summed E-state index contributed by atoms with van der Waals surface area (Å²) in [4.78, 5) is 0. The van der Waals surface area contributed by atoms with Crippen LogP contribution in [0.4, 0.5) is 0 Å². The van der Waals surface area contributed by atoms with Gasteiger partial charge in [0.1, 0.15) is 7.31 Å². The Hall–Kier alpha value is 2.58. The second kappa shape index (κ2) is 7.01. The van der Waals surface area contributed by atoms with E-state index in [1.54, 1.807) is 0 Å². The lowest BCUT2D eigenvalue weighted by atomic mass is 10.5. The maximum absolute atomic E-state index is 5.44. The van der Waals surface area contributed by atoms with Crippen LogP contribution < -0.4 is 0 Å². The maximum Gasteiger partial charge on any atom is 0.101 e. The lowest BCUT2D eigenvalue weighted by molar-refractivity contribution is 0.136. The van der Waals surface area contributed by atoms with Crippen molar-refractivity contribution in [2.24, 2.45) is 0 Å². The Kier molecular flexibility index (Phi) is 8.41. The molecule has 0 rings (SSSR count). The number of hydrogen-bond donors (Lipinski definition) is 2. The molecule has 0 heterocycles. The molecule has 80 valence electrons. The normalized spacial score (nSPS) is 20.8. The molecular weight excluding hydrogens is 472 g/mol. The average Bonchev–Trinajstić information content (AvgIpc) is 2.04. The molecule has 0 aromatic heterocycles. The summed E-state index contributed by atoms with van der Waals surface area (Å²) in [6.07, 6.45) is 0. The van der Waals surface area contributed by atoms with Gasteiger partial charge in [0, 0.05) is 10.7 Å². The first-order valence-electron chi connectivity index (χ1n) is 3.35. The summed E-state index contributed by atoms with van der Waals surface area (Å²) in [5.74, 6) is 0. The van der Waals surface area contributed by atoms with E-state index >= 15 is 0 Å². The topological polar surface area (TPSA) is 9.23 Å². The highest BCUT2D eigenvalue weighted by atomic mass is 79.9. The molecule has 7 heteroatoms. The van der Waals surface area contributed by atoms with Crippen molar-refractivity contribution in [2.75, 3.05) is 23.9 Å². The second-order valence-corrected chi connectivity index (χ2v) is 9.69. The zero-order valence-corrected chi connectivity index (χ0v) is 14.8. The van der Waals surface area contributed by atoms with E-state index in [9.17, 15) is 0 Å². The minimum Gasteiger partial charge on any atom is -0.377 e.